The topological polar surface area (TPSA) is 86.6 Å². The number of hydrogen-bond acceptors (Lipinski definition) is 4. The van der Waals surface area contributed by atoms with Crippen LogP contribution in [0.25, 0.3) is 16.9 Å². The van der Waals surface area contributed by atoms with Crippen LogP contribution in [-0.2, 0) is 0 Å². The molecular formula is C23H22BrN5O2. The molecule has 7 nitrogen and oxygen atoms in total. The quantitative estimate of drug-likeness (QED) is 0.442. The van der Waals surface area contributed by atoms with Gasteiger partial charge in [-0.3, -0.25) is 0 Å². The number of halogens is 1. The second kappa shape index (κ2) is 8.20. The third-order valence-electron chi connectivity index (χ3n) is 5.69. The first-order valence-corrected chi connectivity index (χ1v) is 11.0. The Bertz CT molecular complexity index is 1220. The van der Waals surface area contributed by atoms with E-state index in [9.17, 15) is 4.79 Å². The molecule has 2 aromatic heterocycles. The Morgan fingerprint density at radius 2 is 1.71 bits per heavy atom. The van der Waals surface area contributed by atoms with Crippen LogP contribution >= 0.6 is 15.9 Å². The van der Waals surface area contributed by atoms with Crippen molar-refractivity contribution in [2.24, 2.45) is 5.73 Å². The van der Waals surface area contributed by atoms with Crippen molar-refractivity contribution in [1.82, 2.24) is 19.5 Å². The molecule has 0 bridgehead atoms. The Kier molecular flexibility index (Phi) is 5.25. The minimum Gasteiger partial charge on any atom is -0.457 e. The summed E-state index contributed by atoms with van der Waals surface area (Å²) in [5.41, 5.74) is 9.21. The van der Waals surface area contributed by atoms with Gasteiger partial charge in [-0.15, -0.1) is 0 Å². The number of carbonyl (C=O) groups excluding carboxylic acids is 1. The van der Waals surface area contributed by atoms with E-state index in [2.05, 4.69) is 26.3 Å². The van der Waals surface area contributed by atoms with Crippen molar-refractivity contribution in [1.29, 1.82) is 0 Å². The van der Waals surface area contributed by atoms with Crippen molar-refractivity contribution in [3.63, 3.8) is 0 Å². The average Bonchev–Trinajstić information content (AvgIpc) is 3.36. The number of aromatic nitrogens is 3. The van der Waals surface area contributed by atoms with Crippen LogP contribution in [0.3, 0.4) is 0 Å². The van der Waals surface area contributed by atoms with E-state index in [0.717, 1.165) is 52.9 Å². The fraction of sp³-hybridized carbons (Fsp3) is 0.217. The normalized spacial score (nSPS) is 14.7. The lowest BCUT2D eigenvalue weighted by Gasteiger charge is -2.22. The van der Waals surface area contributed by atoms with Gasteiger partial charge in [0.05, 0.1) is 18.1 Å². The molecule has 0 saturated carbocycles. The van der Waals surface area contributed by atoms with Crippen LogP contribution in [-0.4, -0.2) is 33.3 Å². The van der Waals surface area contributed by atoms with Crippen molar-refractivity contribution < 1.29 is 9.53 Å². The minimum atomic E-state index is -0.518. The number of rotatable bonds is 4. The molecule has 0 atom stereocenters. The first kappa shape index (κ1) is 19.8. The molecule has 1 amide bonds. The maximum Gasteiger partial charge on any atom is 0.325 e. The molecule has 1 saturated heterocycles. The number of nitrogens with one attached hydrogen (secondary N) is 1. The summed E-state index contributed by atoms with van der Waals surface area (Å²) in [4.78, 5) is 12.4. The monoisotopic (exact) mass is 479 g/mol. The van der Waals surface area contributed by atoms with Crippen LogP contribution in [0.2, 0.25) is 0 Å². The largest absolute Gasteiger partial charge is 0.457 e. The highest BCUT2D eigenvalue weighted by Gasteiger charge is 2.25. The molecule has 31 heavy (non-hydrogen) atoms. The lowest BCUT2D eigenvalue weighted by atomic mass is 9.92. The molecule has 0 aliphatic carbocycles. The van der Waals surface area contributed by atoms with Crippen molar-refractivity contribution in [3.8, 4) is 22.8 Å². The van der Waals surface area contributed by atoms with Crippen LogP contribution < -0.4 is 15.8 Å². The van der Waals surface area contributed by atoms with Gasteiger partial charge in [-0.25, -0.2) is 13.9 Å². The molecule has 5 rings (SSSR count). The van der Waals surface area contributed by atoms with Gasteiger partial charge >= 0.3 is 6.03 Å². The fourth-order valence-corrected chi connectivity index (χ4v) is 4.43. The molecule has 0 spiro atoms. The van der Waals surface area contributed by atoms with E-state index in [1.165, 1.54) is 0 Å². The standard InChI is InChI=1S/C23H22BrN5O2/c24-17-3-7-19(8-4-17)31-18-5-1-16(2-6-18)21-14-28-22(29(21)23(25)30)20(13-27-28)15-9-11-26-12-10-15/h1-8,13-15,26H,9-12H2,(H2,25,30). The van der Waals surface area contributed by atoms with Crippen molar-refractivity contribution in [3.05, 3.63) is 71.0 Å². The summed E-state index contributed by atoms with van der Waals surface area (Å²) >= 11 is 3.42. The lowest BCUT2D eigenvalue weighted by molar-refractivity contribution is 0.251. The maximum absolute atomic E-state index is 12.4. The van der Waals surface area contributed by atoms with Gasteiger partial charge in [0.15, 0.2) is 0 Å². The highest BCUT2D eigenvalue weighted by Crippen LogP contribution is 2.33. The van der Waals surface area contributed by atoms with Crippen molar-refractivity contribution >= 4 is 27.6 Å². The molecule has 3 heterocycles. The second-order valence-electron chi connectivity index (χ2n) is 7.66. The Hall–Kier alpha value is -3.10. The summed E-state index contributed by atoms with van der Waals surface area (Å²) in [7, 11) is 0. The summed E-state index contributed by atoms with van der Waals surface area (Å²) in [6.07, 6.45) is 5.75. The van der Waals surface area contributed by atoms with E-state index in [1.54, 1.807) is 9.08 Å². The molecule has 1 aliphatic rings. The fourth-order valence-electron chi connectivity index (χ4n) is 4.16. The Morgan fingerprint density at radius 1 is 1.06 bits per heavy atom. The first-order valence-electron chi connectivity index (χ1n) is 10.2. The zero-order chi connectivity index (χ0) is 21.4. The van der Waals surface area contributed by atoms with Gasteiger partial charge in [0.1, 0.15) is 17.1 Å². The minimum absolute atomic E-state index is 0.362. The van der Waals surface area contributed by atoms with Gasteiger partial charge in [0.25, 0.3) is 0 Å². The molecule has 1 aliphatic heterocycles. The third-order valence-corrected chi connectivity index (χ3v) is 6.22. The molecule has 3 N–H and O–H groups in total. The van der Waals surface area contributed by atoms with Crippen LogP contribution in [0.5, 0.6) is 11.5 Å². The van der Waals surface area contributed by atoms with Crippen LogP contribution in [0, 0.1) is 0 Å². The van der Waals surface area contributed by atoms with Crippen molar-refractivity contribution in [2.45, 2.75) is 18.8 Å². The average molecular weight is 480 g/mol. The SMILES string of the molecule is NC(=O)n1c(-c2ccc(Oc3ccc(Br)cc3)cc2)cn2ncc(C3CCNCC3)c12. The third kappa shape index (κ3) is 3.84. The lowest BCUT2D eigenvalue weighted by Crippen LogP contribution is -2.27. The van der Waals surface area contributed by atoms with Gasteiger partial charge in [-0.2, -0.15) is 5.10 Å². The van der Waals surface area contributed by atoms with Crippen LogP contribution in [0.15, 0.2) is 65.4 Å². The summed E-state index contributed by atoms with van der Waals surface area (Å²) in [6, 6.07) is 14.7. The molecule has 0 radical (unpaired) electrons. The first-order chi connectivity index (χ1) is 15.1. The zero-order valence-corrected chi connectivity index (χ0v) is 18.4. The van der Waals surface area contributed by atoms with Gasteiger partial charge in [0.2, 0.25) is 0 Å². The molecular weight excluding hydrogens is 458 g/mol. The molecule has 4 aromatic rings. The molecule has 2 aromatic carbocycles. The highest BCUT2D eigenvalue weighted by molar-refractivity contribution is 9.10. The highest BCUT2D eigenvalue weighted by atomic mass is 79.9. The Morgan fingerprint density at radius 3 is 2.35 bits per heavy atom. The van der Waals surface area contributed by atoms with E-state index in [1.807, 2.05) is 60.9 Å². The summed E-state index contributed by atoms with van der Waals surface area (Å²) in [6.45, 7) is 1.93. The maximum atomic E-state index is 12.4. The van der Waals surface area contributed by atoms with Crippen LogP contribution in [0.4, 0.5) is 4.79 Å². The number of amides is 1. The number of imidazole rings is 1. The van der Waals surface area contributed by atoms with E-state index < -0.39 is 6.03 Å². The van der Waals surface area contributed by atoms with Crippen molar-refractivity contribution in [2.75, 3.05) is 13.1 Å². The van der Waals surface area contributed by atoms with E-state index in [0.29, 0.717) is 17.4 Å². The number of benzene rings is 2. The Balaban J connectivity index is 1.49. The number of ether oxygens (including phenoxy) is 1. The van der Waals surface area contributed by atoms with Gasteiger partial charge in [-0.1, -0.05) is 15.9 Å². The predicted molar refractivity (Wildman–Crippen MR) is 123 cm³/mol. The van der Waals surface area contributed by atoms with E-state index >= 15 is 0 Å². The van der Waals surface area contributed by atoms with E-state index in [-0.39, 0.29) is 0 Å². The molecule has 8 heteroatoms. The number of piperidine rings is 1. The predicted octanol–water partition coefficient (Wildman–Crippen LogP) is 4.75. The van der Waals surface area contributed by atoms with Gasteiger partial charge in [0, 0.05) is 15.6 Å². The number of carbonyl (C=O) groups is 1. The van der Waals surface area contributed by atoms with Gasteiger partial charge in [-0.05, 0) is 80.4 Å². The number of fused-ring (bicyclic) bond motifs is 1. The van der Waals surface area contributed by atoms with Gasteiger partial charge < -0.3 is 15.8 Å². The Labute approximate surface area is 187 Å². The molecule has 0 unspecified atom stereocenters. The number of primary amides is 1. The number of hydrogen-bond donors (Lipinski definition) is 2. The number of nitrogens with zero attached hydrogens (tertiary/aromatic N) is 3. The smallest absolute Gasteiger partial charge is 0.325 e. The molecule has 158 valence electrons. The zero-order valence-electron chi connectivity index (χ0n) is 16.8. The number of nitrogens with two attached hydrogens (primary N) is 1. The summed E-state index contributed by atoms with van der Waals surface area (Å²) < 4.78 is 10.2. The molecule has 1 fully saturated rings. The summed E-state index contributed by atoms with van der Waals surface area (Å²) in [5.74, 6) is 1.83. The van der Waals surface area contributed by atoms with Crippen LogP contribution in [0.1, 0.15) is 24.3 Å². The second-order valence-corrected chi connectivity index (χ2v) is 8.58. The van der Waals surface area contributed by atoms with E-state index in [4.69, 9.17) is 10.5 Å². The summed E-state index contributed by atoms with van der Waals surface area (Å²) in [5, 5.41) is 7.88.